The van der Waals surface area contributed by atoms with Gasteiger partial charge in [0.15, 0.2) is 6.61 Å². The molecule has 0 saturated carbocycles. The lowest BCUT2D eigenvalue weighted by molar-refractivity contribution is -0.153. The van der Waals surface area contributed by atoms with Crippen molar-refractivity contribution in [3.63, 3.8) is 0 Å². The maximum atomic E-state index is 12.5. The van der Waals surface area contributed by atoms with Crippen molar-refractivity contribution in [2.45, 2.75) is 25.1 Å². The van der Waals surface area contributed by atoms with Crippen molar-refractivity contribution in [3.05, 3.63) is 95.1 Å². The van der Waals surface area contributed by atoms with Crippen LogP contribution in [-0.2, 0) is 16.8 Å². The van der Waals surface area contributed by atoms with E-state index < -0.39 is 24.3 Å². The number of anilines is 1. The summed E-state index contributed by atoms with van der Waals surface area (Å²) in [5.74, 6) is -0.722. The van der Waals surface area contributed by atoms with Crippen LogP contribution in [0.25, 0.3) is 6.08 Å². The van der Waals surface area contributed by atoms with Gasteiger partial charge in [-0.15, -0.1) is 0 Å². The fourth-order valence-electron chi connectivity index (χ4n) is 4.54. The quantitative estimate of drug-likeness (QED) is 0.437. The van der Waals surface area contributed by atoms with Gasteiger partial charge in [0.05, 0.1) is 5.54 Å². The van der Waals surface area contributed by atoms with Crippen molar-refractivity contribution >= 4 is 17.7 Å². The molecular formula is C27H24F3NO4. The molecule has 1 unspecified atom stereocenters. The number of carbonyl (C=O) groups is 1. The number of rotatable bonds is 6. The number of ether oxygens (including phenoxy) is 1. The summed E-state index contributed by atoms with van der Waals surface area (Å²) in [5, 5.41) is 18.9. The standard InChI is InChI=1S/C27H24F3NO4/c1-26(20-5-2-18(3-6-20)4-13-25(33)34)24-12-9-22(32)16-19(24)14-15-31(26)21-7-10-23(11-8-21)35-17-27(28,29)30/h2-13,16,32H,14-15,17H2,1H3,(H,33,34). The minimum absolute atomic E-state index is 0.129. The third-order valence-corrected chi connectivity index (χ3v) is 6.20. The molecule has 1 aliphatic rings. The second kappa shape index (κ2) is 9.37. The van der Waals surface area contributed by atoms with E-state index in [1.165, 1.54) is 18.2 Å². The van der Waals surface area contributed by atoms with Crippen molar-refractivity contribution in [1.29, 1.82) is 0 Å². The van der Waals surface area contributed by atoms with Gasteiger partial charge in [-0.05, 0) is 78.1 Å². The number of halogens is 3. The molecule has 8 heteroatoms. The van der Waals surface area contributed by atoms with Crippen LogP contribution in [0.15, 0.2) is 72.8 Å². The van der Waals surface area contributed by atoms with Gasteiger partial charge in [0.1, 0.15) is 11.5 Å². The fraction of sp³-hybridized carbons (Fsp3) is 0.222. The lowest BCUT2D eigenvalue weighted by Gasteiger charge is -2.48. The van der Waals surface area contributed by atoms with Crippen LogP contribution in [0, 0.1) is 0 Å². The molecule has 3 aromatic rings. The van der Waals surface area contributed by atoms with Gasteiger partial charge in [0.2, 0.25) is 0 Å². The number of fused-ring (bicyclic) bond motifs is 1. The first-order valence-electron chi connectivity index (χ1n) is 11.0. The van der Waals surface area contributed by atoms with E-state index in [0.29, 0.717) is 13.0 Å². The molecule has 5 nitrogen and oxygen atoms in total. The molecule has 1 heterocycles. The molecule has 1 atom stereocenters. The van der Waals surface area contributed by atoms with Crippen LogP contribution in [-0.4, -0.2) is 35.5 Å². The number of nitrogens with zero attached hydrogens (tertiary/aromatic N) is 1. The molecule has 0 saturated heterocycles. The van der Waals surface area contributed by atoms with Crippen molar-refractivity contribution in [2.24, 2.45) is 0 Å². The van der Waals surface area contributed by atoms with Gasteiger partial charge >= 0.3 is 12.1 Å². The van der Waals surface area contributed by atoms with Crippen molar-refractivity contribution in [3.8, 4) is 11.5 Å². The van der Waals surface area contributed by atoms with Gasteiger partial charge < -0.3 is 19.8 Å². The highest BCUT2D eigenvalue weighted by molar-refractivity contribution is 5.85. The number of hydrogen-bond donors (Lipinski definition) is 2. The Labute approximate surface area is 200 Å². The molecule has 0 amide bonds. The Morgan fingerprint density at radius 1 is 1.09 bits per heavy atom. The smallest absolute Gasteiger partial charge is 0.422 e. The Bertz CT molecular complexity index is 1240. The first-order chi connectivity index (χ1) is 16.6. The van der Waals surface area contributed by atoms with Crippen LogP contribution in [0.4, 0.5) is 18.9 Å². The Morgan fingerprint density at radius 3 is 2.40 bits per heavy atom. The van der Waals surface area contributed by atoms with Gasteiger partial charge in [0, 0.05) is 18.3 Å². The Kier molecular flexibility index (Phi) is 6.47. The summed E-state index contributed by atoms with van der Waals surface area (Å²) in [6, 6.07) is 19.3. The topological polar surface area (TPSA) is 70.0 Å². The molecule has 0 aliphatic carbocycles. The van der Waals surface area contributed by atoms with Crippen LogP contribution < -0.4 is 9.64 Å². The average molecular weight is 483 g/mol. The zero-order valence-corrected chi connectivity index (χ0v) is 18.9. The highest BCUT2D eigenvalue weighted by Gasteiger charge is 2.40. The van der Waals surface area contributed by atoms with Gasteiger partial charge in [-0.2, -0.15) is 13.2 Å². The third-order valence-electron chi connectivity index (χ3n) is 6.20. The Morgan fingerprint density at radius 2 is 1.77 bits per heavy atom. The predicted octanol–water partition coefficient (Wildman–Crippen LogP) is 5.76. The summed E-state index contributed by atoms with van der Waals surface area (Å²) < 4.78 is 42.4. The molecule has 0 aromatic heterocycles. The molecule has 4 rings (SSSR count). The first-order valence-corrected chi connectivity index (χ1v) is 11.0. The summed E-state index contributed by atoms with van der Waals surface area (Å²) in [6.07, 6.45) is -1.15. The zero-order chi connectivity index (χ0) is 25.2. The largest absolute Gasteiger partial charge is 0.508 e. The molecular weight excluding hydrogens is 459 g/mol. The van der Waals surface area contributed by atoms with Crippen LogP contribution in [0.1, 0.15) is 29.2 Å². The fourth-order valence-corrected chi connectivity index (χ4v) is 4.54. The summed E-state index contributed by atoms with van der Waals surface area (Å²) in [7, 11) is 0. The monoisotopic (exact) mass is 483 g/mol. The molecule has 3 aromatic carbocycles. The molecule has 2 N–H and O–H groups in total. The van der Waals surface area contributed by atoms with E-state index in [0.717, 1.165) is 34.0 Å². The number of benzene rings is 3. The van der Waals surface area contributed by atoms with E-state index >= 15 is 0 Å². The molecule has 35 heavy (non-hydrogen) atoms. The molecule has 1 aliphatic heterocycles. The number of aromatic hydroxyl groups is 1. The average Bonchev–Trinajstić information content (AvgIpc) is 2.82. The van der Waals surface area contributed by atoms with E-state index in [1.807, 2.05) is 30.3 Å². The maximum Gasteiger partial charge on any atom is 0.422 e. The lowest BCUT2D eigenvalue weighted by Crippen LogP contribution is -2.49. The SMILES string of the molecule is CC1(c2ccc(C=CC(=O)O)cc2)c2ccc(O)cc2CCN1c1ccc(OCC(F)(F)F)cc1. The van der Waals surface area contributed by atoms with E-state index in [2.05, 4.69) is 11.8 Å². The second-order valence-corrected chi connectivity index (χ2v) is 8.51. The summed E-state index contributed by atoms with van der Waals surface area (Å²) in [5.41, 5.74) is 3.81. The van der Waals surface area contributed by atoms with E-state index in [1.54, 1.807) is 24.3 Å². The molecule has 0 radical (unpaired) electrons. The van der Waals surface area contributed by atoms with E-state index in [-0.39, 0.29) is 11.5 Å². The molecule has 0 spiro atoms. The van der Waals surface area contributed by atoms with E-state index in [4.69, 9.17) is 9.84 Å². The Balaban J connectivity index is 1.72. The Hall–Kier alpha value is -3.94. The molecule has 0 fully saturated rings. The molecule has 0 bridgehead atoms. The van der Waals surface area contributed by atoms with Crippen molar-refractivity contribution in [2.75, 3.05) is 18.1 Å². The van der Waals surface area contributed by atoms with E-state index in [9.17, 15) is 23.1 Å². The van der Waals surface area contributed by atoms with Crippen LogP contribution in [0.3, 0.4) is 0 Å². The summed E-state index contributed by atoms with van der Waals surface area (Å²) in [4.78, 5) is 13.0. The first kappa shape index (κ1) is 24.2. The number of carboxylic acid groups (broad SMARTS) is 1. The van der Waals surface area contributed by atoms with Crippen LogP contribution in [0.5, 0.6) is 11.5 Å². The summed E-state index contributed by atoms with van der Waals surface area (Å²) in [6.45, 7) is 1.31. The van der Waals surface area contributed by atoms with Crippen molar-refractivity contribution in [1.82, 2.24) is 0 Å². The number of carboxylic acids is 1. The van der Waals surface area contributed by atoms with Crippen LogP contribution >= 0.6 is 0 Å². The minimum Gasteiger partial charge on any atom is -0.508 e. The number of phenols is 1. The lowest BCUT2D eigenvalue weighted by atomic mass is 9.76. The zero-order valence-electron chi connectivity index (χ0n) is 18.9. The van der Waals surface area contributed by atoms with Gasteiger partial charge in [-0.3, -0.25) is 0 Å². The number of hydrogen-bond acceptors (Lipinski definition) is 4. The maximum absolute atomic E-state index is 12.5. The second-order valence-electron chi connectivity index (χ2n) is 8.51. The highest BCUT2D eigenvalue weighted by atomic mass is 19.4. The van der Waals surface area contributed by atoms with Crippen molar-refractivity contribution < 1.29 is 32.9 Å². The predicted molar refractivity (Wildman–Crippen MR) is 127 cm³/mol. The van der Waals surface area contributed by atoms with Gasteiger partial charge in [-0.25, -0.2) is 4.79 Å². The number of alkyl halides is 3. The van der Waals surface area contributed by atoms with Gasteiger partial charge in [0.25, 0.3) is 0 Å². The summed E-state index contributed by atoms with van der Waals surface area (Å²) >= 11 is 0. The molecule has 182 valence electrons. The minimum atomic E-state index is -4.41. The highest BCUT2D eigenvalue weighted by Crippen LogP contribution is 2.44. The van der Waals surface area contributed by atoms with Gasteiger partial charge in [-0.1, -0.05) is 30.3 Å². The number of aliphatic carboxylic acids is 1. The van der Waals surface area contributed by atoms with Crippen LogP contribution in [0.2, 0.25) is 0 Å². The third kappa shape index (κ3) is 5.26. The normalized spacial score (nSPS) is 17.9. The number of phenolic OH excluding ortho intramolecular Hbond substituents is 1.